The molecule has 0 fully saturated rings. The molecule has 0 aromatic carbocycles. The van der Waals surface area contributed by atoms with Gasteiger partial charge in [-0.15, -0.1) is 0 Å². The van der Waals surface area contributed by atoms with E-state index in [2.05, 4.69) is 72.8 Å². The third-order valence-electron chi connectivity index (χ3n) is 17.3. The lowest BCUT2D eigenvalue weighted by molar-refractivity contribution is -0.161. The zero-order chi connectivity index (χ0) is 70.9. The van der Waals surface area contributed by atoms with Gasteiger partial charge in [-0.05, 0) is 69.1 Å². The second kappa shape index (κ2) is 67.1. The van der Waals surface area contributed by atoms with Crippen LogP contribution in [0.3, 0.4) is 0 Å². The molecule has 5 atom stereocenters. The van der Waals surface area contributed by atoms with Crippen LogP contribution in [0.5, 0.6) is 0 Å². The Labute approximate surface area is 586 Å². The molecule has 0 bridgehead atoms. The Bertz CT molecular complexity index is 1960. The average Bonchev–Trinajstić information content (AvgIpc) is 1.41. The fourth-order valence-electron chi connectivity index (χ4n) is 11.2. The van der Waals surface area contributed by atoms with E-state index in [1.54, 1.807) is 0 Å². The number of esters is 4. The highest BCUT2D eigenvalue weighted by Gasteiger charge is 2.30. The Morgan fingerprint density at radius 3 is 0.844 bits per heavy atom. The molecule has 0 radical (unpaired) electrons. The summed E-state index contributed by atoms with van der Waals surface area (Å²) in [5.74, 6) is 0.121. The highest BCUT2D eigenvalue weighted by Crippen LogP contribution is 2.45. The maximum absolute atomic E-state index is 13.1. The number of allylic oxidation sites excluding steroid dienone is 4. The van der Waals surface area contributed by atoms with Crippen molar-refractivity contribution in [3.05, 3.63) is 24.3 Å². The van der Waals surface area contributed by atoms with Crippen molar-refractivity contribution in [2.45, 2.75) is 388 Å². The average molecular weight is 1410 g/mol. The molecule has 17 nitrogen and oxygen atoms in total. The van der Waals surface area contributed by atoms with E-state index in [4.69, 9.17) is 37.0 Å². The van der Waals surface area contributed by atoms with Crippen LogP contribution in [0.15, 0.2) is 24.3 Å². The van der Waals surface area contributed by atoms with Gasteiger partial charge in [-0.1, -0.05) is 317 Å². The fourth-order valence-corrected chi connectivity index (χ4v) is 12.8. The summed E-state index contributed by atoms with van der Waals surface area (Å²) < 4.78 is 68.5. The molecule has 0 heterocycles. The zero-order valence-corrected chi connectivity index (χ0v) is 64.1. The molecule has 0 amide bonds. The number of aliphatic hydroxyl groups excluding tert-OH is 1. The molecule has 0 aliphatic heterocycles. The van der Waals surface area contributed by atoms with Crippen LogP contribution in [-0.4, -0.2) is 96.7 Å². The van der Waals surface area contributed by atoms with Crippen molar-refractivity contribution < 1.29 is 80.2 Å². The van der Waals surface area contributed by atoms with E-state index in [0.717, 1.165) is 127 Å². The molecule has 96 heavy (non-hydrogen) atoms. The molecule has 0 aliphatic carbocycles. The number of carbonyl (C=O) groups is 4. The number of aliphatic hydroxyl groups is 1. The zero-order valence-electron chi connectivity index (χ0n) is 62.3. The number of carbonyl (C=O) groups excluding carboxylic acids is 4. The molecular weight excluding hydrogens is 1260 g/mol. The molecule has 0 saturated heterocycles. The summed E-state index contributed by atoms with van der Waals surface area (Å²) in [7, 11) is -9.93. The molecule has 3 unspecified atom stereocenters. The van der Waals surface area contributed by atoms with Gasteiger partial charge in [0.15, 0.2) is 12.2 Å². The van der Waals surface area contributed by atoms with Crippen molar-refractivity contribution >= 4 is 39.5 Å². The maximum Gasteiger partial charge on any atom is 0.472 e. The predicted molar refractivity (Wildman–Crippen MR) is 390 cm³/mol. The van der Waals surface area contributed by atoms with Gasteiger partial charge in [-0.2, -0.15) is 0 Å². The molecule has 3 N–H and O–H groups in total. The normalized spacial score (nSPS) is 14.2. The highest BCUT2D eigenvalue weighted by atomic mass is 31.2. The Morgan fingerprint density at radius 2 is 0.562 bits per heavy atom. The van der Waals surface area contributed by atoms with E-state index in [-0.39, 0.29) is 25.7 Å². The minimum Gasteiger partial charge on any atom is -0.462 e. The van der Waals surface area contributed by atoms with Crippen molar-refractivity contribution in [2.75, 3.05) is 39.6 Å². The lowest BCUT2D eigenvalue weighted by Gasteiger charge is -2.21. The van der Waals surface area contributed by atoms with Crippen LogP contribution in [0.2, 0.25) is 0 Å². The number of rotatable bonds is 73. The van der Waals surface area contributed by atoms with Crippen LogP contribution in [-0.2, 0) is 65.4 Å². The quantitative estimate of drug-likeness (QED) is 0.0169. The van der Waals surface area contributed by atoms with Gasteiger partial charge in [0.1, 0.15) is 19.3 Å². The van der Waals surface area contributed by atoms with Gasteiger partial charge in [0.25, 0.3) is 0 Å². The smallest absolute Gasteiger partial charge is 0.462 e. The molecule has 0 aromatic heterocycles. The van der Waals surface area contributed by atoms with E-state index >= 15 is 0 Å². The topological polar surface area (TPSA) is 237 Å². The van der Waals surface area contributed by atoms with E-state index in [1.165, 1.54) is 161 Å². The highest BCUT2D eigenvalue weighted by molar-refractivity contribution is 7.47. The van der Waals surface area contributed by atoms with Crippen LogP contribution < -0.4 is 0 Å². The number of phosphoric ester groups is 2. The van der Waals surface area contributed by atoms with Gasteiger partial charge in [-0.25, -0.2) is 9.13 Å². The summed E-state index contributed by atoms with van der Waals surface area (Å²) in [5, 5.41) is 10.6. The van der Waals surface area contributed by atoms with Crippen LogP contribution in [0.4, 0.5) is 0 Å². The van der Waals surface area contributed by atoms with Crippen molar-refractivity contribution in [2.24, 2.45) is 17.8 Å². The van der Waals surface area contributed by atoms with E-state index in [0.29, 0.717) is 25.7 Å². The van der Waals surface area contributed by atoms with E-state index in [1.807, 2.05) is 0 Å². The monoisotopic (exact) mass is 1410 g/mol. The predicted octanol–water partition coefficient (Wildman–Crippen LogP) is 22.1. The first-order chi connectivity index (χ1) is 46.2. The number of hydrogen-bond donors (Lipinski definition) is 3. The summed E-state index contributed by atoms with van der Waals surface area (Å²) in [6, 6.07) is 0. The standard InChI is InChI=1S/C77H146O17P2/c1-8-9-10-11-12-13-14-15-16-20-23-29-37-44-51-58-74(79)87-64-72(93-76(81)60-53-46-39-30-24-21-18-17-19-22-27-34-41-48-55-68(2)3)66-91-95(83,84)89-62-71(78)63-90-96(85,86)92-67-73(65-88-75(80)59-52-45-38-33-32-36-43-50-57-70(6)7)94-77(82)61-54-47-40-31-26-25-28-35-42-49-56-69(4)5/h13-16,68-73,78H,8-12,17-67H2,1-7H3,(H,83,84)(H,85,86)/b14-13-,16-15-/t71?,72-,73-/m1/s1. The summed E-state index contributed by atoms with van der Waals surface area (Å²) in [6.45, 7) is 11.8. The van der Waals surface area contributed by atoms with Gasteiger partial charge < -0.3 is 33.8 Å². The summed E-state index contributed by atoms with van der Waals surface area (Å²) >= 11 is 0. The van der Waals surface area contributed by atoms with Crippen LogP contribution in [0, 0.1) is 17.8 Å². The Balaban J connectivity index is 5.30. The third-order valence-corrected chi connectivity index (χ3v) is 19.2. The van der Waals surface area contributed by atoms with Crippen LogP contribution in [0.1, 0.15) is 370 Å². The largest absolute Gasteiger partial charge is 0.472 e. The van der Waals surface area contributed by atoms with Crippen molar-refractivity contribution in [3.8, 4) is 0 Å². The minimum absolute atomic E-state index is 0.100. The number of unbranched alkanes of at least 4 members (excludes halogenated alkanes) is 38. The minimum atomic E-state index is -4.97. The number of phosphoric acid groups is 2. The third kappa shape index (κ3) is 70.0. The van der Waals surface area contributed by atoms with E-state index in [9.17, 15) is 43.2 Å². The first kappa shape index (κ1) is 93.5. The molecule has 0 saturated carbocycles. The summed E-state index contributed by atoms with van der Waals surface area (Å²) in [4.78, 5) is 72.8. The summed E-state index contributed by atoms with van der Waals surface area (Å²) in [6.07, 6.45) is 56.3. The fraction of sp³-hybridized carbons (Fsp3) is 0.896. The van der Waals surface area contributed by atoms with Gasteiger partial charge in [0.2, 0.25) is 0 Å². The van der Waals surface area contributed by atoms with Gasteiger partial charge in [0, 0.05) is 25.7 Å². The lowest BCUT2D eigenvalue weighted by Crippen LogP contribution is -2.30. The van der Waals surface area contributed by atoms with Crippen molar-refractivity contribution in [1.82, 2.24) is 0 Å². The van der Waals surface area contributed by atoms with Gasteiger partial charge in [0.05, 0.1) is 26.4 Å². The first-order valence-electron chi connectivity index (χ1n) is 39.2. The molecule has 19 heteroatoms. The van der Waals surface area contributed by atoms with E-state index < -0.39 is 97.5 Å². The van der Waals surface area contributed by atoms with Crippen molar-refractivity contribution in [3.63, 3.8) is 0 Å². The second-order valence-corrected chi connectivity index (χ2v) is 31.4. The van der Waals surface area contributed by atoms with Crippen LogP contribution >= 0.6 is 15.6 Å². The second-order valence-electron chi connectivity index (χ2n) is 28.5. The molecule has 0 spiro atoms. The van der Waals surface area contributed by atoms with Crippen molar-refractivity contribution in [1.29, 1.82) is 0 Å². The lowest BCUT2D eigenvalue weighted by atomic mass is 10.0. The first-order valence-corrected chi connectivity index (χ1v) is 42.2. The Hall–Kier alpha value is -2.46. The van der Waals surface area contributed by atoms with Gasteiger partial charge >= 0.3 is 39.5 Å². The maximum atomic E-state index is 13.1. The van der Waals surface area contributed by atoms with Crippen LogP contribution in [0.25, 0.3) is 0 Å². The number of hydrogen-bond acceptors (Lipinski definition) is 15. The molecule has 0 aliphatic rings. The number of ether oxygens (including phenoxy) is 4. The molecular formula is C77H146O17P2. The Morgan fingerprint density at radius 1 is 0.323 bits per heavy atom. The Kier molecular flexibility index (Phi) is 65.3. The van der Waals surface area contributed by atoms with Gasteiger partial charge in [-0.3, -0.25) is 37.3 Å². The molecule has 0 rings (SSSR count). The SMILES string of the molecule is CCCCCC/C=C\C=C/CCCCCCCC(=O)OC[C@H](COP(=O)(O)OCC(O)COP(=O)(O)OC[C@@H](COC(=O)CCCCCCCCCCC(C)C)OC(=O)CCCCCCCCCCCCC(C)C)OC(=O)CCCCCCCCCCCCCCCCC(C)C. The molecule has 566 valence electrons. The summed E-state index contributed by atoms with van der Waals surface area (Å²) in [5.41, 5.74) is 0. The molecule has 0 aromatic rings.